The van der Waals surface area contributed by atoms with E-state index >= 15 is 0 Å². The molecule has 0 spiro atoms. The third-order valence-corrected chi connectivity index (χ3v) is 4.90. The lowest BCUT2D eigenvalue weighted by molar-refractivity contribution is 0.107. The molecule has 4 nitrogen and oxygen atoms in total. The number of methoxy groups -OCH3 is 1. The van der Waals surface area contributed by atoms with Crippen LogP contribution in [-0.2, 0) is 11.3 Å². The molecule has 2 aliphatic carbocycles. The van der Waals surface area contributed by atoms with Crippen LogP contribution in [0.15, 0.2) is 12.3 Å². The Morgan fingerprint density at radius 2 is 2.10 bits per heavy atom. The normalized spacial score (nSPS) is 28.1. The van der Waals surface area contributed by atoms with Crippen LogP contribution >= 0.6 is 0 Å². The summed E-state index contributed by atoms with van der Waals surface area (Å²) in [6, 6.07) is 3.41. The molecular weight excluding hydrogens is 250 g/mol. The number of hydrogen-bond acceptors (Lipinski definition) is 3. The summed E-state index contributed by atoms with van der Waals surface area (Å²) in [5.74, 6) is 0. The summed E-state index contributed by atoms with van der Waals surface area (Å²) in [5, 5.41) is 8.38. The van der Waals surface area contributed by atoms with Crippen LogP contribution < -0.4 is 5.32 Å². The van der Waals surface area contributed by atoms with E-state index in [1.807, 2.05) is 7.11 Å². The van der Waals surface area contributed by atoms with Crippen LogP contribution in [-0.4, -0.2) is 29.0 Å². The van der Waals surface area contributed by atoms with E-state index in [9.17, 15) is 0 Å². The van der Waals surface area contributed by atoms with E-state index in [0.717, 1.165) is 13.0 Å². The first-order valence-corrected chi connectivity index (χ1v) is 8.15. The summed E-state index contributed by atoms with van der Waals surface area (Å²) in [4.78, 5) is 0. The fourth-order valence-electron chi connectivity index (χ4n) is 3.61. The second kappa shape index (κ2) is 6.72. The van der Waals surface area contributed by atoms with Crippen LogP contribution in [0.1, 0.15) is 63.1 Å². The van der Waals surface area contributed by atoms with Gasteiger partial charge in [-0.3, -0.25) is 4.68 Å². The Morgan fingerprint density at radius 1 is 1.25 bits per heavy atom. The van der Waals surface area contributed by atoms with E-state index in [2.05, 4.69) is 22.3 Å². The van der Waals surface area contributed by atoms with Crippen molar-refractivity contribution in [1.29, 1.82) is 0 Å². The van der Waals surface area contributed by atoms with Crippen LogP contribution in [0.3, 0.4) is 0 Å². The maximum absolute atomic E-state index is 5.42. The third-order valence-electron chi connectivity index (χ3n) is 4.90. The molecular formula is C16H27N3O. The first-order chi connectivity index (χ1) is 9.85. The number of hydrogen-bond donors (Lipinski definition) is 1. The molecule has 4 heteroatoms. The largest absolute Gasteiger partial charge is 0.381 e. The van der Waals surface area contributed by atoms with E-state index in [-0.39, 0.29) is 0 Å². The zero-order valence-corrected chi connectivity index (χ0v) is 12.6. The van der Waals surface area contributed by atoms with Crippen molar-refractivity contribution in [2.75, 3.05) is 7.11 Å². The van der Waals surface area contributed by atoms with Crippen molar-refractivity contribution in [3.05, 3.63) is 18.0 Å². The van der Waals surface area contributed by atoms with Gasteiger partial charge in [0, 0.05) is 25.9 Å². The highest BCUT2D eigenvalue weighted by atomic mass is 16.5. The molecule has 0 bridgehead atoms. The van der Waals surface area contributed by atoms with Crippen LogP contribution in [0, 0.1) is 0 Å². The quantitative estimate of drug-likeness (QED) is 0.899. The molecule has 0 saturated heterocycles. The lowest BCUT2D eigenvalue weighted by Gasteiger charge is -2.21. The third kappa shape index (κ3) is 3.41. The van der Waals surface area contributed by atoms with Crippen LogP contribution in [0.4, 0.5) is 0 Å². The Morgan fingerprint density at radius 3 is 2.85 bits per heavy atom. The topological polar surface area (TPSA) is 39.1 Å². The standard InChI is InChI=1S/C16H27N3O/c1-20-16-8-7-13(11-16)17-12-14-9-10-19(18-14)15-5-3-2-4-6-15/h9-10,13,15-17H,2-8,11-12H2,1H3. The Kier molecular flexibility index (Phi) is 4.73. The highest BCUT2D eigenvalue weighted by Gasteiger charge is 2.24. The number of ether oxygens (including phenoxy) is 1. The van der Waals surface area contributed by atoms with Gasteiger partial charge in [-0.05, 0) is 38.2 Å². The van der Waals surface area contributed by atoms with Gasteiger partial charge >= 0.3 is 0 Å². The van der Waals surface area contributed by atoms with Crippen molar-refractivity contribution in [3.8, 4) is 0 Å². The molecule has 2 fully saturated rings. The average Bonchev–Trinajstić information content (AvgIpc) is 3.15. The molecule has 2 aliphatic rings. The van der Waals surface area contributed by atoms with Gasteiger partial charge in [0.1, 0.15) is 0 Å². The second-order valence-corrected chi connectivity index (χ2v) is 6.33. The molecule has 0 radical (unpaired) electrons. The monoisotopic (exact) mass is 277 g/mol. The van der Waals surface area contributed by atoms with Gasteiger partial charge in [0.15, 0.2) is 0 Å². The lowest BCUT2D eigenvalue weighted by Crippen LogP contribution is -2.27. The van der Waals surface area contributed by atoms with Gasteiger partial charge in [0.05, 0.1) is 17.8 Å². The summed E-state index contributed by atoms with van der Waals surface area (Å²) in [6.45, 7) is 0.890. The van der Waals surface area contributed by atoms with Crippen molar-refractivity contribution in [2.24, 2.45) is 0 Å². The average molecular weight is 277 g/mol. The number of rotatable bonds is 5. The minimum absolute atomic E-state index is 0.451. The summed E-state index contributed by atoms with van der Waals surface area (Å²) in [7, 11) is 1.82. The summed E-state index contributed by atoms with van der Waals surface area (Å²) < 4.78 is 7.61. The molecule has 2 unspecified atom stereocenters. The first kappa shape index (κ1) is 14.1. The van der Waals surface area contributed by atoms with E-state index in [0.29, 0.717) is 18.2 Å². The van der Waals surface area contributed by atoms with Gasteiger partial charge in [-0.2, -0.15) is 5.10 Å². The second-order valence-electron chi connectivity index (χ2n) is 6.33. The van der Waals surface area contributed by atoms with Gasteiger partial charge < -0.3 is 10.1 Å². The Hall–Kier alpha value is -0.870. The van der Waals surface area contributed by atoms with Crippen LogP contribution in [0.2, 0.25) is 0 Å². The van der Waals surface area contributed by atoms with Crippen molar-refractivity contribution in [3.63, 3.8) is 0 Å². The fraction of sp³-hybridized carbons (Fsp3) is 0.812. The van der Waals surface area contributed by atoms with Crippen molar-refractivity contribution < 1.29 is 4.74 Å². The molecule has 1 aromatic rings. The Balaban J connectivity index is 1.47. The fourth-order valence-corrected chi connectivity index (χ4v) is 3.61. The molecule has 112 valence electrons. The van der Waals surface area contributed by atoms with Crippen LogP contribution in [0.25, 0.3) is 0 Å². The van der Waals surface area contributed by atoms with Gasteiger partial charge in [-0.25, -0.2) is 0 Å². The minimum atomic E-state index is 0.451. The van der Waals surface area contributed by atoms with Gasteiger partial charge in [-0.1, -0.05) is 19.3 Å². The maximum atomic E-state index is 5.42. The van der Waals surface area contributed by atoms with E-state index in [1.165, 1.54) is 50.6 Å². The molecule has 1 heterocycles. The van der Waals surface area contributed by atoms with Gasteiger partial charge in [0.2, 0.25) is 0 Å². The van der Waals surface area contributed by atoms with Crippen molar-refractivity contribution >= 4 is 0 Å². The smallest absolute Gasteiger partial charge is 0.0762 e. The van der Waals surface area contributed by atoms with Crippen LogP contribution in [0.5, 0.6) is 0 Å². The summed E-state index contributed by atoms with van der Waals surface area (Å²) >= 11 is 0. The first-order valence-electron chi connectivity index (χ1n) is 8.15. The maximum Gasteiger partial charge on any atom is 0.0762 e. The molecule has 3 rings (SSSR count). The number of nitrogens with one attached hydrogen (secondary N) is 1. The Bertz CT molecular complexity index is 412. The zero-order valence-electron chi connectivity index (χ0n) is 12.6. The Labute approximate surface area is 121 Å². The van der Waals surface area contributed by atoms with E-state index in [4.69, 9.17) is 9.84 Å². The molecule has 0 aromatic carbocycles. The SMILES string of the molecule is COC1CCC(NCc2ccn(C3CCCCC3)n2)C1. The number of aromatic nitrogens is 2. The van der Waals surface area contributed by atoms with Crippen molar-refractivity contribution in [1.82, 2.24) is 15.1 Å². The molecule has 0 aliphatic heterocycles. The molecule has 20 heavy (non-hydrogen) atoms. The molecule has 1 aromatic heterocycles. The summed E-state index contributed by atoms with van der Waals surface area (Å²) in [5.41, 5.74) is 1.18. The van der Waals surface area contributed by atoms with Gasteiger partial charge in [-0.15, -0.1) is 0 Å². The van der Waals surface area contributed by atoms with Crippen molar-refractivity contribution in [2.45, 2.75) is 76.1 Å². The lowest BCUT2D eigenvalue weighted by atomic mass is 9.96. The highest BCUT2D eigenvalue weighted by molar-refractivity contribution is 5.00. The highest BCUT2D eigenvalue weighted by Crippen LogP contribution is 2.27. The predicted molar refractivity (Wildman–Crippen MR) is 79.6 cm³/mol. The van der Waals surface area contributed by atoms with E-state index in [1.54, 1.807) is 0 Å². The zero-order chi connectivity index (χ0) is 13.8. The van der Waals surface area contributed by atoms with E-state index < -0.39 is 0 Å². The number of nitrogens with zero attached hydrogens (tertiary/aromatic N) is 2. The predicted octanol–water partition coefficient (Wildman–Crippen LogP) is 3.05. The molecule has 2 atom stereocenters. The minimum Gasteiger partial charge on any atom is -0.381 e. The van der Waals surface area contributed by atoms with Gasteiger partial charge in [0.25, 0.3) is 0 Å². The molecule has 1 N–H and O–H groups in total. The molecule has 2 saturated carbocycles. The summed E-state index contributed by atoms with van der Waals surface area (Å²) in [6.07, 6.45) is 12.9. The molecule has 0 amide bonds.